The summed E-state index contributed by atoms with van der Waals surface area (Å²) in [6.07, 6.45) is 10.2. The largest absolute Gasteiger partial charge is 0.474 e. The zero-order chi connectivity index (χ0) is 43.9. The van der Waals surface area contributed by atoms with Gasteiger partial charge in [-0.2, -0.15) is 13.4 Å². The average Bonchev–Trinajstić information content (AvgIpc) is 3.75. The Morgan fingerprint density at radius 3 is 2.61 bits per heavy atom. The van der Waals surface area contributed by atoms with Gasteiger partial charge in [-0.25, -0.2) is 9.71 Å². The first-order chi connectivity index (χ1) is 30.9. The second-order valence-electron chi connectivity index (χ2n) is 19.0. The van der Waals surface area contributed by atoms with E-state index in [-0.39, 0.29) is 41.4 Å². The molecule has 0 radical (unpaired) electrons. The van der Waals surface area contributed by atoms with Crippen LogP contribution in [0.15, 0.2) is 78.1 Å². The molecular formula is C47H52N8O8S. The zero-order valence-corrected chi connectivity index (χ0v) is 36.7. The van der Waals surface area contributed by atoms with Crippen LogP contribution in [-0.4, -0.2) is 90.6 Å². The van der Waals surface area contributed by atoms with E-state index in [0.29, 0.717) is 59.9 Å². The van der Waals surface area contributed by atoms with Crippen LogP contribution in [0.3, 0.4) is 0 Å². The number of sulfonamides is 1. The molecule has 7 heterocycles. The number of pyridine rings is 2. The van der Waals surface area contributed by atoms with Crippen molar-refractivity contribution in [2.45, 2.75) is 81.4 Å². The summed E-state index contributed by atoms with van der Waals surface area (Å²) in [6, 6.07) is 19.5. The van der Waals surface area contributed by atoms with Crippen molar-refractivity contribution in [1.29, 1.82) is 0 Å². The first-order valence-corrected chi connectivity index (χ1v) is 24.0. The van der Waals surface area contributed by atoms with Crippen LogP contribution in [0.5, 0.6) is 17.4 Å². The van der Waals surface area contributed by atoms with E-state index in [1.807, 2.05) is 12.1 Å². The van der Waals surface area contributed by atoms with Gasteiger partial charge in [0.25, 0.3) is 15.9 Å². The normalized spacial score (nSPS) is 25.0. The average molecular weight is 889 g/mol. The van der Waals surface area contributed by atoms with Gasteiger partial charge in [-0.05, 0) is 110 Å². The van der Waals surface area contributed by atoms with Gasteiger partial charge >= 0.3 is 5.69 Å². The molecule has 3 saturated heterocycles. The molecule has 3 N–H and O–H groups in total. The number of rotatable bonds is 11. The number of anilines is 2. The fourth-order valence-corrected chi connectivity index (χ4v) is 12.5. The lowest BCUT2D eigenvalue weighted by Crippen LogP contribution is -2.54. The minimum absolute atomic E-state index is 0.0148. The van der Waals surface area contributed by atoms with Crippen LogP contribution in [0.2, 0.25) is 0 Å². The molecule has 1 amide bonds. The lowest BCUT2D eigenvalue weighted by molar-refractivity contribution is -0.384. The standard InChI is InChI=1S/C47H52N8O8S/c1-27(2)32-6-3-4-7-33(32)38-8-5-15-54(38)30-21-47(22-30)12-16-53(17-13-47)29-9-10-34(40(19-29)63-31-18-28-11-14-48-44(28)49-23-31)45(56)52-64(59,60)41-20-39(55(57)58)43-46(51-41)62-26-37(50-43)42-35-24-61-25-36(35)42/h3-4,6-7,9-11,14,18-20,23,27,30,35-38,42,50H,5,8,12-13,15-17,21-22,24-26H2,1-2H3,(H,48,49)(H,52,56)/t35?,36?,37-,38-,42?/m1/s1. The molecule has 16 nitrogen and oxygen atoms in total. The Labute approximate surface area is 371 Å². The Morgan fingerprint density at radius 2 is 1.83 bits per heavy atom. The number of amides is 1. The van der Waals surface area contributed by atoms with Gasteiger partial charge in [0.05, 0.1) is 42.0 Å². The number of ether oxygens (including phenoxy) is 3. The number of nitrogens with one attached hydrogen (secondary N) is 3. The molecular weight excluding hydrogens is 837 g/mol. The smallest absolute Gasteiger partial charge is 0.300 e. The van der Waals surface area contributed by atoms with Crippen molar-refractivity contribution < 1.29 is 32.3 Å². The van der Waals surface area contributed by atoms with Crippen LogP contribution in [0, 0.1) is 33.3 Å². The van der Waals surface area contributed by atoms with E-state index in [1.54, 1.807) is 24.4 Å². The summed E-state index contributed by atoms with van der Waals surface area (Å²) < 4.78 is 47.5. The van der Waals surface area contributed by atoms with Crippen LogP contribution in [-0.2, 0) is 14.8 Å². The first-order valence-electron chi connectivity index (χ1n) is 22.5. The second-order valence-corrected chi connectivity index (χ2v) is 20.6. The third-order valence-corrected chi connectivity index (χ3v) is 16.1. The van der Waals surface area contributed by atoms with Crippen molar-refractivity contribution in [3.8, 4) is 17.4 Å². The van der Waals surface area contributed by atoms with E-state index in [1.165, 1.54) is 43.0 Å². The quantitative estimate of drug-likeness (QED) is 0.0870. The number of fused-ring (bicyclic) bond motifs is 3. The van der Waals surface area contributed by atoms with Gasteiger partial charge in [0.15, 0.2) is 10.7 Å². The maximum Gasteiger partial charge on any atom is 0.300 e. The third-order valence-electron chi connectivity index (χ3n) is 14.9. The highest BCUT2D eigenvalue weighted by Gasteiger charge is 2.58. The summed E-state index contributed by atoms with van der Waals surface area (Å²) in [5.41, 5.74) is 4.21. The predicted octanol–water partition coefficient (Wildman–Crippen LogP) is 7.55. The molecule has 6 aliphatic rings. The number of carbonyl (C=O) groups excluding carboxylic acids is 1. The van der Waals surface area contributed by atoms with E-state index >= 15 is 0 Å². The van der Waals surface area contributed by atoms with Crippen molar-refractivity contribution >= 4 is 44.0 Å². The predicted molar refractivity (Wildman–Crippen MR) is 238 cm³/mol. The van der Waals surface area contributed by atoms with E-state index in [2.05, 4.69) is 72.9 Å². The van der Waals surface area contributed by atoms with Gasteiger partial charge in [-0.1, -0.05) is 38.1 Å². The number of benzene rings is 2. The Bertz CT molecular complexity index is 2750. The number of nitro groups is 1. The van der Waals surface area contributed by atoms with Crippen LogP contribution in [0.25, 0.3) is 11.0 Å². The lowest BCUT2D eigenvalue weighted by Gasteiger charge is -2.56. The van der Waals surface area contributed by atoms with Crippen molar-refractivity contribution in [1.82, 2.24) is 24.6 Å². The van der Waals surface area contributed by atoms with Gasteiger partial charge in [0.2, 0.25) is 5.88 Å². The summed E-state index contributed by atoms with van der Waals surface area (Å²) >= 11 is 0. The van der Waals surface area contributed by atoms with Crippen LogP contribution in [0.4, 0.5) is 17.1 Å². The fourth-order valence-electron chi connectivity index (χ4n) is 11.5. The maximum absolute atomic E-state index is 14.0. The Morgan fingerprint density at radius 1 is 1.03 bits per heavy atom. The van der Waals surface area contributed by atoms with Gasteiger partial charge in [-0.15, -0.1) is 0 Å². The second kappa shape index (κ2) is 15.7. The van der Waals surface area contributed by atoms with Gasteiger partial charge in [-0.3, -0.25) is 19.8 Å². The summed E-state index contributed by atoms with van der Waals surface area (Å²) in [4.78, 5) is 42.4. The number of hydrogen-bond donors (Lipinski definition) is 3. The topological polar surface area (TPSA) is 194 Å². The van der Waals surface area contributed by atoms with Crippen LogP contribution in [0.1, 0.15) is 85.8 Å². The molecule has 5 aromatic rings. The van der Waals surface area contributed by atoms with Gasteiger partial charge < -0.3 is 29.4 Å². The number of aromatic nitrogens is 3. The molecule has 64 heavy (non-hydrogen) atoms. The maximum atomic E-state index is 14.0. The van der Waals surface area contributed by atoms with E-state index in [9.17, 15) is 23.3 Å². The summed E-state index contributed by atoms with van der Waals surface area (Å²) in [7, 11) is -4.74. The van der Waals surface area contributed by atoms with Gasteiger partial charge in [0.1, 0.15) is 23.8 Å². The number of piperidine rings is 1. The molecule has 4 aliphatic heterocycles. The molecule has 2 aliphatic carbocycles. The molecule has 2 saturated carbocycles. The molecule has 2 aromatic carbocycles. The number of hydrogen-bond acceptors (Lipinski definition) is 13. The van der Waals surface area contributed by atoms with E-state index in [0.717, 1.165) is 49.6 Å². The van der Waals surface area contributed by atoms with Crippen molar-refractivity contribution in [3.63, 3.8) is 0 Å². The Balaban J connectivity index is 0.808. The number of aromatic amines is 1. The molecule has 11 rings (SSSR count). The zero-order valence-electron chi connectivity index (χ0n) is 35.9. The number of nitrogens with zero attached hydrogens (tertiary/aromatic N) is 5. The van der Waals surface area contributed by atoms with Crippen LogP contribution < -0.4 is 24.4 Å². The molecule has 1 spiro atoms. The SMILES string of the molecule is CC(C)c1ccccc1[C@H]1CCCN1C1CC2(CCN(c3ccc(C(=O)NS(=O)(=O)c4cc([N+](=O)[O-])c5c(n4)OC[C@H](C4C6COCC64)N5)c(Oc4cnc5[nH]ccc5c4)c3)CC2)C1. The highest BCUT2D eigenvalue weighted by molar-refractivity contribution is 7.90. The van der Waals surface area contributed by atoms with E-state index in [4.69, 9.17) is 14.2 Å². The van der Waals surface area contributed by atoms with Crippen molar-refractivity contribution in [3.05, 3.63) is 99.9 Å². The Hall–Kier alpha value is -5.78. The van der Waals surface area contributed by atoms with Crippen molar-refractivity contribution in [2.24, 2.45) is 23.2 Å². The van der Waals surface area contributed by atoms with Crippen molar-refractivity contribution in [2.75, 3.05) is 49.7 Å². The van der Waals surface area contributed by atoms with Crippen LogP contribution >= 0.6 is 0 Å². The number of H-pyrrole nitrogens is 1. The molecule has 2 unspecified atom stereocenters. The molecule has 4 atom stereocenters. The molecule has 17 heteroatoms. The molecule has 334 valence electrons. The summed E-state index contributed by atoms with van der Waals surface area (Å²) in [5, 5.41) is 15.6. The summed E-state index contributed by atoms with van der Waals surface area (Å²) in [6.45, 7) is 8.82. The third kappa shape index (κ3) is 7.30. The number of carbonyl (C=O) groups is 1. The Kier molecular flexibility index (Phi) is 10.1. The summed E-state index contributed by atoms with van der Waals surface area (Å²) in [5.74, 6) is 0.733. The van der Waals surface area contributed by atoms with E-state index < -0.39 is 31.6 Å². The monoisotopic (exact) mass is 888 g/mol. The highest BCUT2D eigenvalue weighted by atomic mass is 32.2. The first kappa shape index (κ1) is 41.0. The number of likely N-dealkylation sites (tertiary alicyclic amines) is 1. The molecule has 3 aromatic heterocycles. The lowest BCUT2D eigenvalue weighted by atomic mass is 9.59. The fraction of sp³-hybridized carbons (Fsp3) is 0.468. The minimum Gasteiger partial charge on any atom is -0.474 e. The van der Waals surface area contributed by atoms with Gasteiger partial charge in [0, 0.05) is 48.5 Å². The highest BCUT2D eigenvalue weighted by Crippen LogP contribution is 2.56. The minimum atomic E-state index is -4.74. The molecule has 5 fully saturated rings. The molecule has 0 bridgehead atoms.